The first-order chi connectivity index (χ1) is 9.55. The molecule has 0 bridgehead atoms. The lowest BCUT2D eigenvalue weighted by atomic mass is 9.91. The van der Waals surface area contributed by atoms with Crippen molar-refractivity contribution in [3.8, 4) is 0 Å². The molecule has 0 aromatic rings. The number of carboxylic acids is 1. The van der Waals surface area contributed by atoms with Crippen molar-refractivity contribution in [3.63, 3.8) is 0 Å². The highest BCUT2D eigenvalue weighted by Crippen LogP contribution is 2.35. The van der Waals surface area contributed by atoms with Crippen molar-refractivity contribution >= 4 is 12.0 Å². The third kappa shape index (κ3) is 2.49. The maximum absolute atomic E-state index is 12.7. The standard InChI is InChI=1S/C14H25N3O3/c1-2-5-14(12(18)19)6-3-7-17(14)13(20)16-8-4-11(9-15)10-16/h11H,2-10,15H2,1H3,(H,18,19). The normalized spacial score (nSPS) is 30.0. The van der Waals surface area contributed by atoms with Gasteiger partial charge in [-0.05, 0) is 38.1 Å². The number of hydrogen-bond donors (Lipinski definition) is 2. The fourth-order valence-electron chi connectivity index (χ4n) is 3.53. The Morgan fingerprint density at radius 2 is 2.15 bits per heavy atom. The number of carbonyl (C=O) groups is 2. The average Bonchev–Trinajstić information content (AvgIpc) is 3.05. The largest absolute Gasteiger partial charge is 0.479 e. The molecule has 0 spiro atoms. The van der Waals surface area contributed by atoms with Crippen molar-refractivity contribution in [2.75, 3.05) is 26.2 Å². The van der Waals surface area contributed by atoms with Crippen LogP contribution in [0, 0.1) is 5.92 Å². The second kappa shape index (κ2) is 5.99. The zero-order valence-corrected chi connectivity index (χ0v) is 12.2. The lowest BCUT2D eigenvalue weighted by Gasteiger charge is -2.37. The summed E-state index contributed by atoms with van der Waals surface area (Å²) in [6, 6.07) is -0.116. The van der Waals surface area contributed by atoms with Crippen LogP contribution in [0.5, 0.6) is 0 Å². The van der Waals surface area contributed by atoms with Gasteiger partial charge in [0.25, 0.3) is 0 Å². The zero-order chi connectivity index (χ0) is 14.8. The second-order valence-corrected chi connectivity index (χ2v) is 5.96. The van der Waals surface area contributed by atoms with E-state index in [2.05, 4.69) is 0 Å². The Morgan fingerprint density at radius 1 is 1.40 bits per heavy atom. The molecule has 6 heteroatoms. The minimum atomic E-state index is -0.993. The molecule has 2 unspecified atom stereocenters. The molecule has 2 heterocycles. The molecule has 2 fully saturated rings. The van der Waals surface area contributed by atoms with E-state index in [-0.39, 0.29) is 6.03 Å². The molecule has 0 saturated carbocycles. The van der Waals surface area contributed by atoms with Gasteiger partial charge in [0, 0.05) is 19.6 Å². The van der Waals surface area contributed by atoms with Crippen molar-refractivity contribution in [1.82, 2.24) is 9.80 Å². The molecule has 0 aliphatic carbocycles. The predicted octanol–water partition coefficient (Wildman–Crippen LogP) is 1.11. The molecular formula is C14H25N3O3. The molecule has 2 rings (SSSR count). The Labute approximate surface area is 119 Å². The van der Waals surface area contributed by atoms with Gasteiger partial charge >= 0.3 is 12.0 Å². The lowest BCUT2D eigenvalue weighted by molar-refractivity contribution is -0.148. The third-order valence-electron chi connectivity index (χ3n) is 4.67. The van der Waals surface area contributed by atoms with Gasteiger partial charge in [0.15, 0.2) is 0 Å². The van der Waals surface area contributed by atoms with E-state index in [1.54, 1.807) is 9.80 Å². The molecule has 2 atom stereocenters. The number of nitrogens with zero attached hydrogens (tertiary/aromatic N) is 2. The fourth-order valence-corrected chi connectivity index (χ4v) is 3.53. The first-order valence-electron chi connectivity index (χ1n) is 7.55. The average molecular weight is 283 g/mol. The molecule has 2 saturated heterocycles. The first kappa shape index (κ1) is 15.1. The van der Waals surface area contributed by atoms with E-state index in [1.165, 1.54) is 0 Å². The molecule has 114 valence electrons. The summed E-state index contributed by atoms with van der Waals surface area (Å²) >= 11 is 0. The van der Waals surface area contributed by atoms with E-state index in [0.29, 0.717) is 44.9 Å². The molecular weight excluding hydrogens is 258 g/mol. The SMILES string of the molecule is CCCC1(C(=O)O)CCCN1C(=O)N1CCC(CN)C1. The summed E-state index contributed by atoms with van der Waals surface area (Å²) in [5.41, 5.74) is 4.66. The summed E-state index contributed by atoms with van der Waals surface area (Å²) in [5.74, 6) is -0.508. The number of carboxylic acid groups (broad SMARTS) is 1. The van der Waals surface area contributed by atoms with Crippen LogP contribution in [-0.4, -0.2) is 58.6 Å². The van der Waals surface area contributed by atoms with Crippen LogP contribution in [0.15, 0.2) is 0 Å². The van der Waals surface area contributed by atoms with E-state index in [4.69, 9.17) is 5.73 Å². The van der Waals surface area contributed by atoms with Crippen molar-refractivity contribution in [2.45, 2.75) is 44.6 Å². The summed E-state index contributed by atoms with van der Waals surface area (Å²) in [7, 11) is 0. The molecule has 0 aromatic heterocycles. The third-order valence-corrected chi connectivity index (χ3v) is 4.67. The number of rotatable bonds is 4. The maximum Gasteiger partial charge on any atom is 0.329 e. The summed E-state index contributed by atoms with van der Waals surface area (Å²) in [6.07, 6.45) is 3.55. The van der Waals surface area contributed by atoms with Crippen LogP contribution in [0.3, 0.4) is 0 Å². The molecule has 20 heavy (non-hydrogen) atoms. The fraction of sp³-hybridized carbons (Fsp3) is 0.857. The number of nitrogens with two attached hydrogens (primary N) is 1. The highest BCUT2D eigenvalue weighted by atomic mass is 16.4. The second-order valence-electron chi connectivity index (χ2n) is 5.96. The van der Waals surface area contributed by atoms with Gasteiger partial charge in [-0.3, -0.25) is 0 Å². The molecule has 0 aromatic carbocycles. The molecule has 2 amide bonds. The molecule has 3 N–H and O–H groups in total. The van der Waals surface area contributed by atoms with E-state index in [1.807, 2.05) is 6.92 Å². The summed E-state index contributed by atoms with van der Waals surface area (Å²) < 4.78 is 0. The number of likely N-dealkylation sites (tertiary alicyclic amines) is 2. The van der Waals surface area contributed by atoms with E-state index in [0.717, 1.165) is 19.3 Å². The van der Waals surface area contributed by atoms with Crippen LogP contribution in [0.4, 0.5) is 4.79 Å². The Hall–Kier alpha value is -1.30. The maximum atomic E-state index is 12.7. The highest BCUT2D eigenvalue weighted by molar-refractivity contribution is 5.87. The minimum Gasteiger partial charge on any atom is -0.479 e. The number of amides is 2. The van der Waals surface area contributed by atoms with Crippen LogP contribution < -0.4 is 5.73 Å². The van der Waals surface area contributed by atoms with Crippen LogP contribution in [0.2, 0.25) is 0 Å². The quantitative estimate of drug-likeness (QED) is 0.809. The molecule has 6 nitrogen and oxygen atoms in total. The van der Waals surface area contributed by atoms with Gasteiger partial charge < -0.3 is 20.6 Å². The highest BCUT2D eigenvalue weighted by Gasteiger charge is 2.50. The Balaban J connectivity index is 2.13. The summed E-state index contributed by atoms with van der Waals surface area (Å²) in [5, 5.41) is 9.62. The van der Waals surface area contributed by atoms with Gasteiger partial charge in [0.2, 0.25) is 0 Å². The number of urea groups is 1. The van der Waals surface area contributed by atoms with Gasteiger partial charge in [-0.2, -0.15) is 0 Å². The minimum absolute atomic E-state index is 0.116. The van der Waals surface area contributed by atoms with E-state index >= 15 is 0 Å². The smallest absolute Gasteiger partial charge is 0.329 e. The summed E-state index contributed by atoms with van der Waals surface area (Å²) in [4.78, 5) is 27.8. The van der Waals surface area contributed by atoms with Crippen molar-refractivity contribution < 1.29 is 14.7 Å². The van der Waals surface area contributed by atoms with E-state index < -0.39 is 11.5 Å². The first-order valence-corrected chi connectivity index (χ1v) is 7.55. The lowest BCUT2D eigenvalue weighted by Crippen LogP contribution is -2.56. The van der Waals surface area contributed by atoms with Crippen LogP contribution in [0.1, 0.15) is 39.0 Å². The van der Waals surface area contributed by atoms with Crippen LogP contribution in [-0.2, 0) is 4.79 Å². The monoisotopic (exact) mass is 283 g/mol. The zero-order valence-electron chi connectivity index (χ0n) is 12.2. The predicted molar refractivity (Wildman–Crippen MR) is 75.3 cm³/mol. The Kier molecular flexibility index (Phi) is 4.52. The molecule has 2 aliphatic heterocycles. The van der Waals surface area contributed by atoms with Gasteiger partial charge in [-0.15, -0.1) is 0 Å². The van der Waals surface area contributed by atoms with Gasteiger partial charge in [-0.25, -0.2) is 9.59 Å². The van der Waals surface area contributed by atoms with Crippen molar-refractivity contribution in [1.29, 1.82) is 0 Å². The van der Waals surface area contributed by atoms with Gasteiger partial charge in [0.05, 0.1) is 0 Å². The van der Waals surface area contributed by atoms with Gasteiger partial charge in [-0.1, -0.05) is 13.3 Å². The van der Waals surface area contributed by atoms with Gasteiger partial charge in [0.1, 0.15) is 5.54 Å². The number of aliphatic carboxylic acids is 1. The van der Waals surface area contributed by atoms with E-state index in [9.17, 15) is 14.7 Å². The van der Waals surface area contributed by atoms with Crippen LogP contribution in [0.25, 0.3) is 0 Å². The molecule has 0 radical (unpaired) electrons. The number of carbonyl (C=O) groups excluding carboxylic acids is 1. The Bertz CT molecular complexity index is 388. The Morgan fingerprint density at radius 3 is 2.70 bits per heavy atom. The molecule has 2 aliphatic rings. The number of hydrogen-bond acceptors (Lipinski definition) is 3. The van der Waals surface area contributed by atoms with Crippen molar-refractivity contribution in [3.05, 3.63) is 0 Å². The topological polar surface area (TPSA) is 86.9 Å². The summed E-state index contributed by atoms with van der Waals surface area (Å²) in [6.45, 7) is 4.45. The van der Waals surface area contributed by atoms with Crippen LogP contribution >= 0.6 is 0 Å². The van der Waals surface area contributed by atoms with Crippen molar-refractivity contribution in [2.24, 2.45) is 11.7 Å².